The molecule has 1 aliphatic carbocycles. The zero-order valence-corrected chi connectivity index (χ0v) is 12.1. The molecule has 1 amide bonds. The summed E-state index contributed by atoms with van der Waals surface area (Å²) < 4.78 is 0. The van der Waals surface area contributed by atoms with Gasteiger partial charge >= 0.3 is 0 Å². The molecule has 6 nitrogen and oxygen atoms in total. The van der Waals surface area contributed by atoms with Crippen LogP contribution in [0, 0.1) is 6.92 Å². The van der Waals surface area contributed by atoms with E-state index < -0.39 is 0 Å². The smallest absolute Gasteiger partial charge is 0.254 e. The molecule has 1 aromatic carbocycles. The zero-order chi connectivity index (χ0) is 15.4. The van der Waals surface area contributed by atoms with E-state index >= 15 is 0 Å². The third kappa shape index (κ3) is 3.26. The van der Waals surface area contributed by atoms with Crippen LogP contribution < -0.4 is 5.73 Å². The summed E-state index contributed by atoms with van der Waals surface area (Å²) in [5.74, 6) is -0.0917. The van der Waals surface area contributed by atoms with E-state index in [4.69, 9.17) is 10.9 Å². The third-order valence-electron chi connectivity index (χ3n) is 4.02. The Morgan fingerprint density at radius 3 is 2.71 bits per heavy atom. The van der Waals surface area contributed by atoms with Gasteiger partial charge in [0.1, 0.15) is 5.75 Å². The molecule has 4 N–H and O–H groups in total. The molecule has 1 saturated carbocycles. The first-order valence-corrected chi connectivity index (χ1v) is 7.10. The highest BCUT2D eigenvalue weighted by molar-refractivity contribution is 5.98. The topological polar surface area (TPSA) is 99.2 Å². The Hall–Kier alpha value is -2.24. The number of amides is 1. The Kier molecular flexibility index (Phi) is 4.67. The number of phenols is 1. The molecule has 0 heterocycles. The van der Waals surface area contributed by atoms with Crippen LogP contribution in [0.25, 0.3) is 0 Å². The van der Waals surface area contributed by atoms with Gasteiger partial charge in [0.15, 0.2) is 5.84 Å². The Bertz CT molecular complexity index is 551. The fourth-order valence-corrected chi connectivity index (χ4v) is 2.80. The summed E-state index contributed by atoms with van der Waals surface area (Å²) in [4.78, 5) is 14.4. The number of carbonyl (C=O) groups excluding carboxylic acids is 1. The molecule has 114 valence electrons. The van der Waals surface area contributed by atoms with Crippen LogP contribution in [0.4, 0.5) is 0 Å². The quantitative estimate of drug-likeness (QED) is 0.341. The molecule has 0 atom stereocenters. The maximum absolute atomic E-state index is 12.8. The number of nitrogens with two attached hydrogens (primary N) is 1. The van der Waals surface area contributed by atoms with E-state index in [2.05, 4.69) is 5.16 Å². The van der Waals surface area contributed by atoms with Crippen LogP contribution in [-0.4, -0.2) is 39.5 Å². The molecule has 0 saturated heterocycles. The SMILES string of the molecule is Cc1c(O)cccc1C(=O)N(C/C(N)=N/O)C1CCCC1. The van der Waals surface area contributed by atoms with Crippen LogP contribution in [-0.2, 0) is 0 Å². The molecular formula is C15H21N3O3. The van der Waals surface area contributed by atoms with Crippen LogP contribution in [0.1, 0.15) is 41.6 Å². The Morgan fingerprint density at radius 2 is 2.10 bits per heavy atom. The van der Waals surface area contributed by atoms with E-state index in [0.717, 1.165) is 25.7 Å². The molecule has 0 bridgehead atoms. The number of benzene rings is 1. The molecule has 0 aromatic heterocycles. The number of nitrogens with zero attached hydrogens (tertiary/aromatic N) is 2. The fourth-order valence-electron chi connectivity index (χ4n) is 2.80. The zero-order valence-electron chi connectivity index (χ0n) is 12.1. The van der Waals surface area contributed by atoms with Crippen LogP contribution in [0.3, 0.4) is 0 Å². The van der Waals surface area contributed by atoms with Gasteiger partial charge in [-0.1, -0.05) is 24.1 Å². The van der Waals surface area contributed by atoms with Gasteiger partial charge in [-0.2, -0.15) is 0 Å². The number of hydrogen-bond acceptors (Lipinski definition) is 4. The monoisotopic (exact) mass is 291 g/mol. The highest BCUT2D eigenvalue weighted by Gasteiger charge is 2.29. The number of hydrogen-bond donors (Lipinski definition) is 3. The first-order valence-electron chi connectivity index (χ1n) is 7.10. The molecule has 1 aromatic rings. The molecule has 0 unspecified atom stereocenters. The van der Waals surface area contributed by atoms with E-state index in [1.54, 1.807) is 30.0 Å². The lowest BCUT2D eigenvalue weighted by Gasteiger charge is -2.29. The van der Waals surface area contributed by atoms with E-state index in [1.165, 1.54) is 0 Å². The summed E-state index contributed by atoms with van der Waals surface area (Å²) in [6.45, 7) is 1.80. The summed E-state index contributed by atoms with van der Waals surface area (Å²) in [6.07, 6.45) is 3.98. The number of oxime groups is 1. The largest absolute Gasteiger partial charge is 0.508 e. The van der Waals surface area contributed by atoms with Gasteiger partial charge in [-0.15, -0.1) is 0 Å². The van der Waals surface area contributed by atoms with Gasteiger partial charge in [0.05, 0.1) is 6.54 Å². The van der Waals surface area contributed by atoms with Gasteiger partial charge in [0, 0.05) is 17.2 Å². The molecular weight excluding hydrogens is 270 g/mol. The average Bonchev–Trinajstić information content (AvgIpc) is 3.00. The lowest BCUT2D eigenvalue weighted by atomic mass is 10.0. The summed E-state index contributed by atoms with van der Waals surface area (Å²) in [6, 6.07) is 4.98. The number of aromatic hydroxyl groups is 1. The normalized spacial score (nSPS) is 16.1. The predicted molar refractivity (Wildman–Crippen MR) is 79.5 cm³/mol. The Balaban J connectivity index is 2.30. The third-order valence-corrected chi connectivity index (χ3v) is 4.02. The minimum Gasteiger partial charge on any atom is -0.508 e. The first kappa shape index (κ1) is 15.2. The molecule has 1 aliphatic rings. The van der Waals surface area contributed by atoms with E-state index in [0.29, 0.717) is 11.1 Å². The minimum absolute atomic E-state index is 0.00746. The van der Waals surface area contributed by atoms with Crippen molar-refractivity contribution >= 4 is 11.7 Å². The van der Waals surface area contributed by atoms with E-state index in [-0.39, 0.29) is 30.1 Å². The molecule has 0 radical (unpaired) electrons. The fraction of sp³-hybridized carbons (Fsp3) is 0.467. The maximum atomic E-state index is 12.8. The van der Waals surface area contributed by atoms with Gasteiger partial charge < -0.3 is 20.9 Å². The van der Waals surface area contributed by atoms with Crippen molar-refractivity contribution in [3.05, 3.63) is 29.3 Å². The number of amidine groups is 1. The highest BCUT2D eigenvalue weighted by Crippen LogP contribution is 2.27. The van der Waals surface area contributed by atoms with Gasteiger partial charge in [0.25, 0.3) is 5.91 Å². The highest BCUT2D eigenvalue weighted by atomic mass is 16.4. The Labute approximate surface area is 123 Å². The van der Waals surface area contributed by atoms with Crippen LogP contribution in [0.5, 0.6) is 5.75 Å². The van der Waals surface area contributed by atoms with Crippen molar-refractivity contribution in [3.63, 3.8) is 0 Å². The Morgan fingerprint density at radius 1 is 1.43 bits per heavy atom. The molecule has 0 aliphatic heterocycles. The lowest BCUT2D eigenvalue weighted by molar-refractivity contribution is 0.0711. The van der Waals surface area contributed by atoms with E-state index in [1.807, 2.05) is 0 Å². The van der Waals surface area contributed by atoms with Gasteiger partial charge in [-0.3, -0.25) is 4.79 Å². The number of rotatable bonds is 4. The first-order chi connectivity index (χ1) is 10.0. The van der Waals surface area contributed by atoms with Gasteiger partial charge in [-0.25, -0.2) is 0 Å². The molecule has 1 fully saturated rings. The predicted octanol–water partition coefficient (Wildman–Crippen LogP) is 1.83. The van der Waals surface area contributed by atoms with Crippen molar-refractivity contribution < 1.29 is 15.1 Å². The van der Waals surface area contributed by atoms with Crippen molar-refractivity contribution in [3.8, 4) is 5.75 Å². The van der Waals surface area contributed by atoms with Crippen molar-refractivity contribution in [2.75, 3.05) is 6.54 Å². The van der Waals surface area contributed by atoms with Crippen molar-refractivity contribution in [1.82, 2.24) is 4.90 Å². The lowest BCUT2D eigenvalue weighted by Crippen LogP contribution is -2.44. The van der Waals surface area contributed by atoms with Crippen molar-refractivity contribution in [2.24, 2.45) is 10.9 Å². The van der Waals surface area contributed by atoms with Gasteiger partial charge in [-0.05, 0) is 31.9 Å². The second kappa shape index (κ2) is 6.47. The van der Waals surface area contributed by atoms with Crippen molar-refractivity contribution in [2.45, 2.75) is 38.6 Å². The molecule has 6 heteroatoms. The summed E-state index contributed by atoms with van der Waals surface area (Å²) in [5.41, 5.74) is 6.58. The standard InChI is InChI=1S/C15H21N3O3/c1-10-12(7-4-8-13(10)19)15(20)18(9-14(16)17-21)11-5-2-3-6-11/h4,7-8,11,19,21H,2-3,5-6,9H2,1H3,(H2,16,17). The molecule has 0 spiro atoms. The van der Waals surface area contributed by atoms with Crippen LogP contribution >= 0.6 is 0 Å². The minimum atomic E-state index is -0.193. The summed E-state index contributed by atoms with van der Waals surface area (Å²) >= 11 is 0. The summed E-state index contributed by atoms with van der Waals surface area (Å²) in [7, 11) is 0. The van der Waals surface area contributed by atoms with Crippen LogP contribution in [0.15, 0.2) is 23.4 Å². The second-order valence-electron chi connectivity index (χ2n) is 5.41. The van der Waals surface area contributed by atoms with E-state index in [9.17, 15) is 9.90 Å². The maximum Gasteiger partial charge on any atom is 0.254 e. The van der Waals surface area contributed by atoms with Crippen LogP contribution in [0.2, 0.25) is 0 Å². The van der Waals surface area contributed by atoms with Crippen molar-refractivity contribution in [1.29, 1.82) is 0 Å². The average molecular weight is 291 g/mol. The summed E-state index contributed by atoms with van der Waals surface area (Å²) in [5, 5.41) is 21.5. The molecule has 21 heavy (non-hydrogen) atoms. The number of phenolic OH excluding ortho intramolecular Hbond substituents is 1. The van der Waals surface area contributed by atoms with Gasteiger partial charge in [0.2, 0.25) is 0 Å². The molecule has 2 rings (SSSR count). The number of carbonyl (C=O) groups is 1. The second-order valence-corrected chi connectivity index (χ2v) is 5.41.